The molecule has 1 nitrogen and oxygen atoms in total. The molecule has 1 N–H and O–H groups in total. The van der Waals surface area contributed by atoms with E-state index in [-0.39, 0.29) is 5.82 Å². The largest absolute Gasteiger partial charge is 0.387 e. The van der Waals surface area contributed by atoms with Crippen LogP contribution in [0.5, 0.6) is 0 Å². The Morgan fingerprint density at radius 1 is 1.43 bits per heavy atom. The maximum absolute atomic E-state index is 12.7. The maximum Gasteiger partial charge on any atom is 0.125 e. The van der Waals surface area contributed by atoms with Crippen LogP contribution in [0, 0.1) is 5.82 Å². The Morgan fingerprint density at radius 3 is 2.57 bits per heavy atom. The molecule has 0 unspecified atom stereocenters. The van der Waals surface area contributed by atoms with E-state index >= 15 is 0 Å². The molecule has 1 aromatic carbocycles. The maximum atomic E-state index is 12.7. The lowest BCUT2D eigenvalue weighted by Gasteiger charge is -2.01. The summed E-state index contributed by atoms with van der Waals surface area (Å²) in [5.74, 6) is -0.316. The summed E-state index contributed by atoms with van der Waals surface area (Å²) < 4.78 is 12.7. The molecule has 0 aliphatic carbocycles. The molecule has 1 rings (SSSR count). The van der Waals surface area contributed by atoms with Gasteiger partial charge in [0, 0.05) is 11.6 Å². The summed E-state index contributed by atoms with van der Waals surface area (Å²) in [6.45, 7) is 8.03. The zero-order valence-electron chi connectivity index (χ0n) is 8.48. The fourth-order valence-corrected chi connectivity index (χ4v) is 1.15. The fourth-order valence-electron chi connectivity index (χ4n) is 0.903. The van der Waals surface area contributed by atoms with Crippen LogP contribution in [0.4, 0.5) is 4.39 Å². The molecule has 0 aliphatic rings. The molecular formula is C11H15ClFN. The van der Waals surface area contributed by atoms with Crippen molar-refractivity contribution in [3.05, 3.63) is 47.4 Å². The van der Waals surface area contributed by atoms with Crippen molar-refractivity contribution in [3.63, 3.8) is 0 Å². The molecule has 0 aromatic heterocycles. The summed E-state index contributed by atoms with van der Waals surface area (Å²) in [5, 5.41) is 3.27. The van der Waals surface area contributed by atoms with Crippen molar-refractivity contribution in [3.8, 4) is 0 Å². The minimum atomic E-state index is -0.316. The van der Waals surface area contributed by atoms with Crippen molar-refractivity contribution in [2.75, 3.05) is 0 Å². The minimum Gasteiger partial charge on any atom is -0.387 e. The van der Waals surface area contributed by atoms with E-state index in [1.165, 1.54) is 12.1 Å². The van der Waals surface area contributed by atoms with Gasteiger partial charge in [-0.25, -0.2) is 4.39 Å². The predicted octanol–water partition coefficient (Wildman–Crippen LogP) is 3.74. The van der Waals surface area contributed by atoms with Gasteiger partial charge in [0.15, 0.2) is 0 Å². The Hall–Kier alpha value is -1.02. The van der Waals surface area contributed by atoms with Crippen LogP contribution in [0.25, 0.3) is 0 Å². The van der Waals surface area contributed by atoms with Crippen molar-refractivity contribution in [2.24, 2.45) is 0 Å². The van der Waals surface area contributed by atoms with Crippen molar-refractivity contribution >= 4 is 11.6 Å². The zero-order chi connectivity index (χ0) is 11.0. The van der Waals surface area contributed by atoms with Crippen molar-refractivity contribution in [1.82, 2.24) is 5.32 Å². The van der Waals surface area contributed by atoms with Crippen molar-refractivity contribution in [2.45, 2.75) is 20.4 Å². The Bertz CT molecular complexity index is 266. The molecule has 14 heavy (non-hydrogen) atoms. The van der Waals surface area contributed by atoms with Crippen LogP contribution in [0.15, 0.2) is 31.0 Å². The molecule has 0 saturated carbocycles. The highest BCUT2D eigenvalue weighted by Crippen LogP contribution is 2.13. The first kappa shape index (κ1) is 13.0. The van der Waals surface area contributed by atoms with Gasteiger partial charge in [-0.05, 0) is 30.0 Å². The van der Waals surface area contributed by atoms with Gasteiger partial charge >= 0.3 is 0 Å². The smallest absolute Gasteiger partial charge is 0.125 e. The third kappa shape index (κ3) is 4.87. The normalized spacial score (nSPS) is 8.57. The molecule has 0 spiro atoms. The van der Waals surface area contributed by atoms with Crippen LogP contribution in [0.3, 0.4) is 0 Å². The highest BCUT2D eigenvalue weighted by atomic mass is 35.5. The highest BCUT2D eigenvalue weighted by molar-refractivity contribution is 6.30. The van der Waals surface area contributed by atoms with Gasteiger partial charge in [-0.15, -0.1) is 0 Å². The number of halogens is 2. The molecule has 0 amide bonds. The topological polar surface area (TPSA) is 12.0 Å². The fraction of sp³-hybridized carbons (Fsp3) is 0.273. The Balaban J connectivity index is 0.000000791. The van der Waals surface area contributed by atoms with Crippen LogP contribution in [0.1, 0.15) is 19.4 Å². The Morgan fingerprint density at radius 2 is 2.07 bits per heavy atom. The molecule has 0 saturated heterocycles. The van der Waals surface area contributed by atoms with E-state index in [0.717, 1.165) is 5.56 Å². The van der Waals surface area contributed by atoms with E-state index in [9.17, 15) is 4.39 Å². The number of rotatable bonds is 3. The van der Waals surface area contributed by atoms with E-state index < -0.39 is 0 Å². The van der Waals surface area contributed by atoms with Gasteiger partial charge < -0.3 is 5.32 Å². The van der Waals surface area contributed by atoms with Crippen LogP contribution in [0.2, 0.25) is 5.02 Å². The molecule has 0 radical (unpaired) electrons. The number of nitrogens with one attached hydrogen (secondary N) is 1. The quantitative estimate of drug-likeness (QED) is 0.810. The molecule has 1 aromatic rings. The van der Waals surface area contributed by atoms with E-state index in [1.807, 2.05) is 13.8 Å². The first-order valence-electron chi connectivity index (χ1n) is 4.51. The molecule has 0 aliphatic heterocycles. The van der Waals surface area contributed by atoms with Crippen molar-refractivity contribution < 1.29 is 4.39 Å². The van der Waals surface area contributed by atoms with E-state index in [4.69, 9.17) is 11.6 Å². The van der Waals surface area contributed by atoms with E-state index in [2.05, 4.69) is 11.9 Å². The summed E-state index contributed by atoms with van der Waals surface area (Å²) in [7, 11) is 0. The van der Waals surface area contributed by atoms with Gasteiger partial charge in [0.2, 0.25) is 0 Å². The third-order valence-electron chi connectivity index (χ3n) is 1.37. The molecule has 78 valence electrons. The number of hydrogen-bond donors (Lipinski definition) is 1. The SMILES string of the molecule is C=CNCc1cc(F)cc(Cl)c1.CC. The predicted molar refractivity (Wildman–Crippen MR) is 59.8 cm³/mol. The lowest BCUT2D eigenvalue weighted by molar-refractivity contribution is 0.624. The summed E-state index contributed by atoms with van der Waals surface area (Å²) in [6, 6.07) is 4.42. The molecule has 0 bridgehead atoms. The van der Waals surface area contributed by atoms with Crippen LogP contribution >= 0.6 is 11.6 Å². The first-order chi connectivity index (χ1) is 6.72. The highest BCUT2D eigenvalue weighted by Gasteiger charge is 1.97. The molecule has 3 heteroatoms. The second-order valence-electron chi connectivity index (χ2n) is 2.36. The van der Waals surface area contributed by atoms with Gasteiger partial charge in [0.25, 0.3) is 0 Å². The summed E-state index contributed by atoms with van der Waals surface area (Å²) in [4.78, 5) is 0. The van der Waals surface area contributed by atoms with Gasteiger partial charge in [-0.1, -0.05) is 32.0 Å². The molecular weight excluding hydrogens is 201 g/mol. The van der Waals surface area contributed by atoms with E-state index in [0.29, 0.717) is 11.6 Å². The Kier molecular flexibility index (Phi) is 6.85. The lowest BCUT2D eigenvalue weighted by Crippen LogP contribution is -2.03. The second kappa shape index (κ2) is 7.39. The molecule has 0 heterocycles. The molecule has 0 atom stereocenters. The van der Waals surface area contributed by atoms with Crippen LogP contribution in [-0.4, -0.2) is 0 Å². The number of benzene rings is 1. The summed E-state index contributed by atoms with van der Waals surface area (Å²) in [5.41, 5.74) is 0.805. The standard InChI is InChI=1S/C9H9ClFN.C2H6/c1-2-12-6-7-3-8(10)5-9(11)4-7;1-2/h2-5,12H,1,6H2;1-2H3. The Labute approximate surface area is 89.6 Å². The monoisotopic (exact) mass is 215 g/mol. The summed E-state index contributed by atoms with van der Waals surface area (Å²) in [6.07, 6.45) is 1.55. The van der Waals surface area contributed by atoms with E-state index in [1.54, 1.807) is 12.3 Å². The zero-order valence-corrected chi connectivity index (χ0v) is 9.24. The average molecular weight is 216 g/mol. The second-order valence-corrected chi connectivity index (χ2v) is 2.80. The van der Waals surface area contributed by atoms with Gasteiger partial charge in [-0.2, -0.15) is 0 Å². The lowest BCUT2D eigenvalue weighted by atomic mass is 10.2. The first-order valence-corrected chi connectivity index (χ1v) is 4.89. The number of hydrogen-bond acceptors (Lipinski definition) is 1. The van der Waals surface area contributed by atoms with Gasteiger partial charge in [-0.3, -0.25) is 0 Å². The van der Waals surface area contributed by atoms with Gasteiger partial charge in [0.05, 0.1) is 0 Å². The molecule has 0 fully saturated rings. The van der Waals surface area contributed by atoms with Crippen LogP contribution in [-0.2, 0) is 6.54 Å². The van der Waals surface area contributed by atoms with Crippen LogP contribution < -0.4 is 5.32 Å². The van der Waals surface area contributed by atoms with Gasteiger partial charge in [0.1, 0.15) is 5.82 Å². The summed E-state index contributed by atoms with van der Waals surface area (Å²) >= 11 is 5.64. The van der Waals surface area contributed by atoms with Crippen molar-refractivity contribution in [1.29, 1.82) is 0 Å². The minimum absolute atomic E-state index is 0.316. The average Bonchev–Trinajstić information content (AvgIpc) is 2.16. The third-order valence-corrected chi connectivity index (χ3v) is 1.59.